The van der Waals surface area contributed by atoms with Crippen LogP contribution in [-0.2, 0) is 17.5 Å². The van der Waals surface area contributed by atoms with Gasteiger partial charge in [0, 0.05) is 5.56 Å². The van der Waals surface area contributed by atoms with Gasteiger partial charge in [0.1, 0.15) is 0 Å². The molecule has 1 aliphatic rings. The molecule has 23 heavy (non-hydrogen) atoms. The number of carbonyl (C=O) groups is 1. The summed E-state index contributed by atoms with van der Waals surface area (Å²) in [5.74, 6) is 1.16. The minimum atomic E-state index is -1.80. The number of hydrogen-bond acceptors (Lipinski definition) is 2. The van der Waals surface area contributed by atoms with E-state index >= 15 is 0 Å². The zero-order chi connectivity index (χ0) is 17.4. The van der Waals surface area contributed by atoms with E-state index < -0.39 is 8.32 Å². The lowest BCUT2D eigenvalue weighted by molar-refractivity contribution is 0.111. The molecule has 0 amide bonds. The summed E-state index contributed by atoms with van der Waals surface area (Å²) >= 11 is 0. The fraction of sp³-hybridized carbons (Fsp3) is 0.650. The quantitative estimate of drug-likeness (QED) is 0.521. The molecular formula is C20H32O2Si. The van der Waals surface area contributed by atoms with E-state index in [0.717, 1.165) is 23.8 Å². The Hall–Kier alpha value is -0.933. The SMILES string of the molecule is C[C@H]1Cc2ccc(CO[Si](C)(C)C(C)(C)C)c(C=O)c2[C@@H](C)C1. The summed E-state index contributed by atoms with van der Waals surface area (Å²) in [4.78, 5) is 11.8. The van der Waals surface area contributed by atoms with Crippen molar-refractivity contribution in [3.8, 4) is 0 Å². The van der Waals surface area contributed by atoms with Crippen LogP contribution < -0.4 is 0 Å². The van der Waals surface area contributed by atoms with Crippen molar-refractivity contribution in [1.29, 1.82) is 0 Å². The lowest BCUT2D eigenvalue weighted by atomic mass is 9.76. The van der Waals surface area contributed by atoms with Gasteiger partial charge in [-0.15, -0.1) is 0 Å². The van der Waals surface area contributed by atoms with Crippen molar-refractivity contribution in [2.45, 2.75) is 78.1 Å². The van der Waals surface area contributed by atoms with E-state index in [9.17, 15) is 4.79 Å². The molecule has 2 nitrogen and oxygen atoms in total. The number of rotatable bonds is 4. The highest BCUT2D eigenvalue weighted by Gasteiger charge is 2.37. The summed E-state index contributed by atoms with van der Waals surface area (Å²) in [6, 6.07) is 4.33. The van der Waals surface area contributed by atoms with Gasteiger partial charge >= 0.3 is 0 Å². The van der Waals surface area contributed by atoms with Gasteiger partial charge in [-0.25, -0.2) is 0 Å². The highest BCUT2D eigenvalue weighted by molar-refractivity contribution is 6.74. The van der Waals surface area contributed by atoms with Crippen molar-refractivity contribution in [1.82, 2.24) is 0 Å². The van der Waals surface area contributed by atoms with Crippen LogP contribution in [0.1, 0.15) is 74.0 Å². The summed E-state index contributed by atoms with van der Waals surface area (Å²) in [6.07, 6.45) is 3.31. The maximum Gasteiger partial charge on any atom is 0.192 e. The van der Waals surface area contributed by atoms with E-state index in [-0.39, 0.29) is 5.04 Å². The fourth-order valence-corrected chi connectivity index (χ4v) is 4.36. The Morgan fingerprint density at radius 3 is 2.48 bits per heavy atom. The van der Waals surface area contributed by atoms with Gasteiger partial charge in [0.15, 0.2) is 14.6 Å². The topological polar surface area (TPSA) is 26.3 Å². The minimum Gasteiger partial charge on any atom is -0.413 e. The van der Waals surface area contributed by atoms with Gasteiger partial charge in [-0.3, -0.25) is 4.79 Å². The number of benzene rings is 1. The first-order valence-corrected chi connectivity index (χ1v) is 11.7. The fourth-order valence-electron chi connectivity index (χ4n) is 3.41. The molecule has 1 aromatic rings. The Morgan fingerprint density at radius 2 is 1.91 bits per heavy atom. The van der Waals surface area contributed by atoms with Crippen molar-refractivity contribution in [2.24, 2.45) is 5.92 Å². The van der Waals surface area contributed by atoms with E-state index in [0.29, 0.717) is 18.4 Å². The largest absolute Gasteiger partial charge is 0.413 e. The second-order valence-corrected chi connectivity index (χ2v) is 13.6. The normalized spacial score (nSPS) is 21.9. The van der Waals surface area contributed by atoms with E-state index in [1.54, 1.807) is 0 Å². The maximum atomic E-state index is 11.8. The predicted molar refractivity (Wildman–Crippen MR) is 99.7 cm³/mol. The average molecular weight is 333 g/mol. The summed E-state index contributed by atoms with van der Waals surface area (Å²) < 4.78 is 6.35. The van der Waals surface area contributed by atoms with Gasteiger partial charge in [-0.05, 0) is 59.5 Å². The molecule has 0 fully saturated rings. The van der Waals surface area contributed by atoms with Crippen LogP contribution >= 0.6 is 0 Å². The molecule has 2 atom stereocenters. The Morgan fingerprint density at radius 1 is 1.26 bits per heavy atom. The average Bonchev–Trinajstić information content (AvgIpc) is 2.43. The van der Waals surface area contributed by atoms with Crippen LogP contribution in [0.25, 0.3) is 0 Å². The third kappa shape index (κ3) is 3.77. The van der Waals surface area contributed by atoms with Crippen LogP contribution in [0.3, 0.4) is 0 Å². The molecular weight excluding hydrogens is 300 g/mol. The maximum absolute atomic E-state index is 11.8. The number of carbonyl (C=O) groups excluding carboxylic acids is 1. The molecule has 3 heteroatoms. The molecule has 0 aromatic heterocycles. The van der Waals surface area contributed by atoms with Crippen LogP contribution in [-0.4, -0.2) is 14.6 Å². The number of aldehydes is 1. The van der Waals surface area contributed by atoms with Gasteiger partial charge < -0.3 is 4.43 Å². The first-order valence-electron chi connectivity index (χ1n) is 8.80. The van der Waals surface area contributed by atoms with E-state index in [1.807, 2.05) is 0 Å². The third-order valence-electron chi connectivity index (χ3n) is 5.80. The van der Waals surface area contributed by atoms with Crippen molar-refractivity contribution < 1.29 is 9.22 Å². The second kappa shape index (κ2) is 6.52. The molecule has 0 bridgehead atoms. The van der Waals surface area contributed by atoms with Gasteiger partial charge in [0.25, 0.3) is 0 Å². The lowest BCUT2D eigenvalue weighted by Crippen LogP contribution is -2.40. The Bertz CT molecular complexity index is 584. The van der Waals surface area contributed by atoms with Gasteiger partial charge in [0.05, 0.1) is 6.61 Å². The van der Waals surface area contributed by atoms with Gasteiger partial charge in [-0.1, -0.05) is 46.8 Å². The van der Waals surface area contributed by atoms with Crippen LogP contribution in [0, 0.1) is 5.92 Å². The molecule has 0 N–H and O–H groups in total. The van der Waals surface area contributed by atoms with E-state index in [4.69, 9.17) is 4.43 Å². The third-order valence-corrected chi connectivity index (χ3v) is 10.3. The molecule has 0 saturated carbocycles. The summed E-state index contributed by atoms with van der Waals surface area (Å²) in [6.45, 7) is 16.4. The van der Waals surface area contributed by atoms with E-state index in [2.05, 4.69) is 59.8 Å². The van der Waals surface area contributed by atoms with Crippen molar-refractivity contribution >= 4 is 14.6 Å². The molecule has 0 saturated heterocycles. The highest BCUT2D eigenvalue weighted by atomic mass is 28.4. The lowest BCUT2D eigenvalue weighted by Gasteiger charge is -2.36. The van der Waals surface area contributed by atoms with Crippen molar-refractivity contribution in [2.75, 3.05) is 0 Å². The number of fused-ring (bicyclic) bond motifs is 1. The zero-order valence-electron chi connectivity index (χ0n) is 15.8. The van der Waals surface area contributed by atoms with Crippen LogP contribution in [0.15, 0.2) is 12.1 Å². The van der Waals surface area contributed by atoms with Crippen molar-refractivity contribution in [3.63, 3.8) is 0 Å². The second-order valence-electron chi connectivity index (χ2n) is 8.82. The smallest absolute Gasteiger partial charge is 0.192 e. The first-order chi connectivity index (χ1) is 10.6. The standard InChI is InChI=1S/C20H32O2Si/c1-14-10-15(2)19-16(11-14)8-9-17(18(19)12-21)13-22-23(6,7)20(3,4)5/h8-9,12,14-15H,10-11,13H2,1-7H3/t14-,15+/m1/s1. The zero-order valence-corrected chi connectivity index (χ0v) is 16.8. The molecule has 0 aliphatic heterocycles. The molecule has 1 aromatic carbocycles. The first kappa shape index (κ1) is 18.4. The molecule has 0 spiro atoms. The summed E-state index contributed by atoms with van der Waals surface area (Å²) in [5, 5.41) is 0.186. The van der Waals surface area contributed by atoms with E-state index in [1.165, 1.54) is 17.5 Å². The van der Waals surface area contributed by atoms with Crippen LogP contribution in [0.5, 0.6) is 0 Å². The molecule has 0 heterocycles. The minimum absolute atomic E-state index is 0.186. The summed E-state index contributed by atoms with van der Waals surface area (Å²) in [5.41, 5.74) is 4.58. The Balaban J connectivity index is 2.31. The van der Waals surface area contributed by atoms with Gasteiger partial charge in [0.2, 0.25) is 0 Å². The molecule has 128 valence electrons. The molecule has 1 aliphatic carbocycles. The Kier molecular flexibility index (Phi) is 5.22. The van der Waals surface area contributed by atoms with Gasteiger partial charge in [-0.2, -0.15) is 0 Å². The van der Waals surface area contributed by atoms with Crippen LogP contribution in [0.4, 0.5) is 0 Å². The van der Waals surface area contributed by atoms with Crippen molar-refractivity contribution in [3.05, 3.63) is 34.4 Å². The number of hydrogen-bond donors (Lipinski definition) is 0. The Labute approximate surface area is 142 Å². The van der Waals surface area contributed by atoms with Crippen LogP contribution in [0.2, 0.25) is 18.1 Å². The molecule has 0 unspecified atom stereocenters. The molecule has 2 rings (SSSR count). The monoisotopic (exact) mass is 332 g/mol. The molecule has 0 radical (unpaired) electrons. The highest BCUT2D eigenvalue weighted by Crippen LogP contribution is 2.39. The predicted octanol–water partition coefficient (Wildman–Crippen LogP) is 5.71. The summed E-state index contributed by atoms with van der Waals surface area (Å²) in [7, 11) is -1.80.